The van der Waals surface area contributed by atoms with Gasteiger partial charge in [-0.05, 0) is 25.0 Å². The number of rotatable bonds is 4. The minimum Gasteiger partial charge on any atom is -0.299 e. The third kappa shape index (κ3) is 2.75. The number of ketones is 2. The molecule has 2 nitrogen and oxygen atoms in total. The number of halogens is 1. The Balaban J connectivity index is 2.03. The molecule has 1 fully saturated rings. The molecule has 78 valence electrons. The molecular formula is C12H11BrO2. The lowest BCUT2D eigenvalue weighted by Crippen LogP contribution is -2.09. The maximum absolute atomic E-state index is 11.7. The van der Waals surface area contributed by atoms with Crippen molar-refractivity contribution in [2.24, 2.45) is 5.92 Å². The van der Waals surface area contributed by atoms with Gasteiger partial charge in [-0.2, -0.15) is 0 Å². The summed E-state index contributed by atoms with van der Waals surface area (Å²) < 4.78 is 0.868. The van der Waals surface area contributed by atoms with E-state index in [9.17, 15) is 9.59 Å². The molecule has 0 heterocycles. The van der Waals surface area contributed by atoms with Crippen LogP contribution < -0.4 is 0 Å². The molecule has 0 bridgehead atoms. The van der Waals surface area contributed by atoms with E-state index < -0.39 is 0 Å². The van der Waals surface area contributed by atoms with Crippen LogP contribution in [0.15, 0.2) is 28.7 Å². The Morgan fingerprint density at radius 1 is 1.33 bits per heavy atom. The predicted molar refractivity (Wildman–Crippen MR) is 60.8 cm³/mol. The molecule has 1 aromatic rings. The average Bonchev–Trinajstić information content (AvgIpc) is 3.00. The maximum atomic E-state index is 11.7. The highest BCUT2D eigenvalue weighted by molar-refractivity contribution is 9.10. The molecule has 1 aromatic carbocycles. The summed E-state index contributed by atoms with van der Waals surface area (Å²) in [6.07, 6.45) is 1.98. The van der Waals surface area contributed by atoms with Crippen molar-refractivity contribution in [1.82, 2.24) is 0 Å². The Labute approximate surface area is 96.8 Å². The fraction of sp³-hybridized carbons (Fsp3) is 0.333. The number of hydrogen-bond donors (Lipinski definition) is 0. The van der Waals surface area contributed by atoms with Crippen LogP contribution in [0.5, 0.6) is 0 Å². The van der Waals surface area contributed by atoms with Crippen molar-refractivity contribution in [3.8, 4) is 0 Å². The molecule has 0 aliphatic heterocycles. The summed E-state index contributed by atoms with van der Waals surface area (Å²) in [6, 6.07) is 7.16. The van der Waals surface area contributed by atoms with E-state index in [4.69, 9.17) is 0 Å². The molecular weight excluding hydrogens is 256 g/mol. The van der Waals surface area contributed by atoms with Gasteiger partial charge in [-0.25, -0.2) is 0 Å². The first-order valence-electron chi connectivity index (χ1n) is 4.98. The van der Waals surface area contributed by atoms with Crippen LogP contribution in [0.3, 0.4) is 0 Å². The highest BCUT2D eigenvalue weighted by Gasteiger charge is 2.30. The average molecular weight is 267 g/mol. The van der Waals surface area contributed by atoms with Crippen molar-refractivity contribution < 1.29 is 9.59 Å². The van der Waals surface area contributed by atoms with Crippen LogP contribution in [-0.4, -0.2) is 11.6 Å². The molecule has 1 aliphatic rings. The van der Waals surface area contributed by atoms with Gasteiger partial charge in [0.15, 0.2) is 5.78 Å². The van der Waals surface area contributed by atoms with Crippen LogP contribution in [-0.2, 0) is 4.79 Å². The van der Waals surface area contributed by atoms with Crippen molar-refractivity contribution in [3.63, 3.8) is 0 Å². The zero-order chi connectivity index (χ0) is 10.8. The highest BCUT2D eigenvalue weighted by atomic mass is 79.9. The van der Waals surface area contributed by atoms with E-state index in [0.29, 0.717) is 5.56 Å². The first-order chi connectivity index (χ1) is 7.16. The second-order valence-corrected chi connectivity index (χ2v) is 4.77. The maximum Gasteiger partial charge on any atom is 0.170 e. The molecule has 1 saturated carbocycles. The zero-order valence-electron chi connectivity index (χ0n) is 8.20. The Kier molecular flexibility index (Phi) is 3.00. The van der Waals surface area contributed by atoms with Gasteiger partial charge in [-0.15, -0.1) is 0 Å². The molecule has 0 N–H and O–H groups in total. The summed E-state index contributed by atoms with van der Waals surface area (Å²) >= 11 is 3.30. The van der Waals surface area contributed by atoms with Gasteiger partial charge in [0.05, 0.1) is 6.42 Å². The summed E-state index contributed by atoms with van der Waals surface area (Å²) in [5, 5.41) is 0. The van der Waals surface area contributed by atoms with Gasteiger partial charge in [-0.3, -0.25) is 9.59 Å². The minimum absolute atomic E-state index is 0.0567. The first-order valence-corrected chi connectivity index (χ1v) is 5.77. The van der Waals surface area contributed by atoms with Crippen molar-refractivity contribution in [1.29, 1.82) is 0 Å². The second-order valence-electron chi connectivity index (χ2n) is 3.85. The van der Waals surface area contributed by atoms with Gasteiger partial charge >= 0.3 is 0 Å². The highest BCUT2D eigenvalue weighted by Crippen LogP contribution is 2.31. The normalized spacial score (nSPS) is 15.0. The summed E-state index contributed by atoms with van der Waals surface area (Å²) in [7, 11) is 0. The summed E-state index contributed by atoms with van der Waals surface area (Å²) in [5.74, 6) is 0.189. The molecule has 0 spiro atoms. The number of carbonyl (C=O) groups excluding carboxylic acids is 2. The first kappa shape index (κ1) is 10.6. The van der Waals surface area contributed by atoms with Gasteiger partial charge in [0.1, 0.15) is 5.78 Å². The number of carbonyl (C=O) groups is 2. The van der Waals surface area contributed by atoms with Gasteiger partial charge in [0.2, 0.25) is 0 Å². The monoisotopic (exact) mass is 266 g/mol. The largest absolute Gasteiger partial charge is 0.299 e. The number of hydrogen-bond acceptors (Lipinski definition) is 2. The van der Waals surface area contributed by atoms with Crippen molar-refractivity contribution in [2.75, 3.05) is 0 Å². The molecule has 0 unspecified atom stereocenters. The lowest BCUT2D eigenvalue weighted by Gasteiger charge is -2.00. The predicted octanol–water partition coefficient (Wildman–Crippen LogP) is 3.00. The Morgan fingerprint density at radius 3 is 2.67 bits per heavy atom. The number of benzene rings is 1. The van der Waals surface area contributed by atoms with E-state index >= 15 is 0 Å². The van der Waals surface area contributed by atoms with Crippen LogP contribution in [0.4, 0.5) is 0 Å². The van der Waals surface area contributed by atoms with Crippen molar-refractivity contribution in [2.45, 2.75) is 19.3 Å². The van der Waals surface area contributed by atoms with E-state index in [0.717, 1.165) is 17.3 Å². The van der Waals surface area contributed by atoms with Crippen molar-refractivity contribution in [3.05, 3.63) is 34.3 Å². The van der Waals surface area contributed by atoms with E-state index in [2.05, 4.69) is 15.9 Å². The third-order valence-corrected chi connectivity index (χ3v) is 3.01. The summed E-state index contributed by atoms with van der Waals surface area (Å²) in [5.41, 5.74) is 0.610. The minimum atomic E-state index is -0.0757. The van der Waals surface area contributed by atoms with E-state index in [1.165, 1.54) is 0 Å². The van der Waals surface area contributed by atoms with E-state index in [-0.39, 0.29) is 23.9 Å². The van der Waals surface area contributed by atoms with Crippen LogP contribution in [0.2, 0.25) is 0 Å². The molecule has 0 amide bonds. The van der Waals surface area contributed by atoms with Crippen molar-refractivity contribution >= 4 is 27.5 Å². The lowest BCUT2D eigenvalue weighted by atomic mass is 10.0. The molecule has 3 heteroatoms. The standard InChI is InChI=1S/C12H11BrO2/c13-10-3-1-2-9(6-10)12(15)7-11(14)8-4-5-8/h1-3,6,8H,4-5,7H2. The second kappa shape index (κ2) is 4.27. The zero-order valence-corrected chi connectivity index (χ0v) is 9.79. The van der Waals surface area contributed by atoms with Gasteiger partial charge in [-0.1, -0.05) is 28.1 Å². The van der Waals surface area contributed by atoms with Gasteiger partial charge < -0.3 is 0 Å². The molecule has 0 aromatic heterocycles. The lowest BCUT2D eigenvalue weighted by molar-refractivity contribution is -0.119. The summed E-state index contributed by atoms with van der Waals surface area (Å²) in [4.78, 5) is 23.1. The molecule has 15 heavy (non-hydrogen) atoms. The fourth-order valence-corrected chi connectivity index (χ4v) is 1.87. The molecule has 0 radical (unpaired) electrons. The van der Waals surface area contributed by atoms with Crippen LogP contribution in [0, 0.1) is 5.92 Å². The topological polar surface area (TPSA) is 34.1 Å². The SMILES string of the molecule is O=C(CC(=O)C1CC1)c1cccc(Br)c1. The van der Waals surface area contributed by atoms with Gasteiger partial charge in [0, 0.05) is 16.0 Å². The summed E-state index contributed by atoms with van der Waals surface area (Å²) in [6.45, 7) is 0. The van der Waals surface area contributed by atoms with E-state index in [1.807, 2.05) is 6.07 Å². The quantitative estimate of drug-likeness (QED) is 0.620. The Bertz CT molecular complexity index is 408. The third-order valence-electron chi connectivity index (χ3n) is 2.51. The Hall–Kier alpha value is -0.960. The fourth-order valence-electron chi connectivity index (χ4n) is 1.47. The number of Topliss-reactive ketones (excluding diaryl/α,β-unsaturated/α-hetero) is 2. The molecule has 0 atom stereocenters. The van der Waals surface area contributed by atoms with Crippen LogP contribution in [0.1, 0.15) is 29.6 Å². The van der Waals surface area contributed by atoms with E-state index in [1.54, 1.807) is 18.2 Å². The van der Waals surface area contributed by atoms with Crippen LogP contribution in [0.25, 0.3) is 0 Å². The smallest absolute Gasteiger partial charge is 0.170 e. The van der Waals surface area contributed by atoms with Gasteiger partial charge in [0.25, 0.3) is 0 Å². The molecule has 0 saturated heterocycles. The Morgan fingerprint density at radius 2 is 2.07 bits per heavy atom. The molecule has 2 rings (SSSR count). The van der Waals surface area contributed by atoms with Crippen LogP contribution >= 0.6 is 15.9 Å². The molecule has 1 aliphatic carbocycles.